The molecule has 0 aromatic carbocycles. The molecule has 1 aromatic rings. The second-order valence-electron chi connectivity index (χ2n) is 4.12. The van der Waals surface area contributed by atoms with Crippen molar-refractivity contribution in [3.05, 3.63) is 23.8 Å². The van der Waals surface area contributed by atoms with Crippen molar-refractivity contribution in [2.75, 3.05) is 0 Å². The summed E-state index contributed by atoms with van der Waals surface area (Å²) in [4.78, 5) is 18.5. The number of nitrogens with zero attached hydrogens (tertiary/aromatic N) is 2. The molecule has 1 fully saturated rings. The van der Waals surface area contributed by atoms with Crippen molar-refractivity contribution in [2.24, 2.45) is 5.73 Å². The number of hydrogen-bond donors (Lipinski definition) is 1. The van der Waals surface area contributed by atoms with E-state index in [0.717, 1.165) is 13.3 Å². The smallest absolute Gasteiger partial charge is 0.287 e. The monoisotopic (exact) mass is 227 g/mol. The summed E-state index contributed by atoms with van der Waals surface area (Å²) in [6.07, 6.45) is 3.28. The van der Waals surface area contributed by atoms with Gasteiger partial charge < -0.3 is 5.73 Å². The van der Waals surface area contributed by atoms with Crippen LogP contribution >= 0.6 is 0 Å². The molecule has 2 N–H and O–H groups in total. The number of aromatic nitrogens is 2. The van der Waals surface area contributed by atoms with E-state index >= 15 is 0 Å². The molecule has 2 rings (SSSR count). The third-order valence-electron chi connectivity index (χ3n) is 2.87. The van der Waals surface area contributed by atoms with Crippen LogP contribution in [0.2, 0.25) is 0 Å². The molecule has 0 aliphatic heterocycles. The van der Waals surface area contributed by atoms with Gasteiger partial charge in [-0.05, 0) is 12.8 Å². The summed E-state index contributed by atoms with van der Waals surface area (Å²) < 4.78 is 26.6. The topological polar surface area (TPSA) is 68.9 Å². The zero-order valence-electron chi connectivity index (χ0n) is 8.70. The van der Waals surface area contributed by atoms with E-state index in [-0.39, 0.29) is 5.56 Å². The Kier molecular flexibility index (Phi) is 2.18. The van der Waals surface area contributed by atoms with Gasteiger partial charge in [-0.3, -0.25) is 4.79 Å². The average molecular weight is 227 g/mol. The number of halogens is 2. The molecule has 16 heavy (non-hydrogen) atoms. The van der Waals surface area contributed by atoms with Crippen molar-refractivity contribution in [3.63, 3.8) is 0 Å². The highest BCUT2D eigenvalue weighted by Gasteiger charge is 2.53. The second-order valence-corrected chi connectivity index (χ2v) is 4.12. The zero-order chi connectivity index (χ0) is 12.0. The van der Waals surface area contributed by atoms with Gasteiger partial charge in [0.25, 0.3) is 5.92 Å². The zero-order valence-corrected chi connectivity index (χ0v) is 8.70. The molecule has 1 heterocycles. The Balaban J connectivity index is 2.54. The normalized spacial score (nSPS) is 18.2. The lowest BCUT2D eigenvalue weighted by molar-refractivity contribution is -0.120. The van der Waals surface area contributed by atoms with Crippen LogP contribution in [0, 0.1) is 0 Å². The van der Waals surface area contributed by atoms with Gasteiger partial charge in [-0.15, -0.1) is 0 Å². The summed E-state index contributed by atoms with van der Waals surface area (Å²) in [7, 11) is 0. The summed E-state index contributed by atoms with van der Waals surface area (Å²) in [6, 6.07) is 0. The first kappa shape index (κ1) is 10.9. The Bertz CT molecular complexity index is 438. The van der Waals surface area contributed by atoms with Gasteiger partial charge in [0.05, 0.1) is 5.41 Å². The first-order valence-electron chi connectivity index (χ1n) is 4.86. The Morgan fingerprint density at radius 1 is 1.56 bits per heavy atom. The maximum atomic E-state index is 13.3. The highest BCUT2D eigenvalue weighted by molar-refractivity contribution is 5.90. The molecule has 1 aromatic heterocycles. The van der Waals surface area contributed by atoms with Crippen LogP contribution in [0.1, 0.15) is 31.0 Å². The van der Waals surface area contributed by atoms with Crippen molar-refractivity contribution in [1.82, 2.24) is 9.97 Å². The van der Waals surface area contributed by atoms with E-state index in [4.69, 9.17) is 5.73 Å². The van der Waals surface area contributed by atoms with Crippen LogP contribution in [-0.2, 0) is 16.1 Å². The fourth-order valence-electron chi connectivity index (χ4n) is 1.80. The van der Waals surface area contributed by atoms with Crippen LogP contribution in [0.25, 0.3) is 0 Å². The number of carbonyl (C=O) groups is 1. The number of primary amides is 1. The van der Waals surface area contributed by atoms with E-state index in [1.165, 1.54) is 6.20 Å². The lowest BCUT2D eigenvalue weighted by Gasteiger charge is -2.18. The molecule has 0 radical (unpaired) electrons. The molecule has 86 valence electrons. The number of nitrogens with two attached hydrogens (primary N) is 1. The molecule has 0 saturated heterocycles. The van der Waals surface area contributed by atoms with Gasteiger partial charge in [-0.1, -0.05) is 0 Å². The van der Waals surface area contributed by atoms with E-state index in [0.29, 0.717) is 12.8 Å². The minimum atomic E-state index is -3.09. The highest BCUT2D eigenvalue weighted by atomic mass is 19.3. The van der Waals surface area contributed by atoms with Crippen LogP contribution in [0.3, 0.4) is 0 Å². The van der Waals surface area contributed by atoms with Crippen molar-refractivity contribution >= 4 is 5.91 Å². The van der Waals surface area contributed by atoms with E-state index in [2.05, 4.69) is 9.97 Å². The second kappa shape index (κ2) is 3.20. The standard InChI is InChI=1S/C10H11F2N3O/c1-9(11,12)7-6(4-14-5-15-7)10(2-3-10)8(13)16/h4-5H,2-3H2,1H3,(H2,13,16). The van der Waals surface area contributed by atoms with Gasteiger partial charge in [0.15, 0.2) is 0 Å². The predicted octanol–water partition coefficient (Wildman–Crippen LogP) is 1.11. The quantitative estimate of drug-likeness (QED) is 0.840. The third-order valence-corrected chi connectivity index (χ3v) is 2.87. The van der Waals surface area contributed by atoms with E-state index < -0.39 is 22.9 Å². The fraction of sp³-hybridized carbons (Fsp3) is 0.500. The van der Waals surface area contributed by atoms with Gasteiger partial charge in [-0.2, -0.15) is 8.78 Å². The Hall–Kier alpha value is -1.59. The molecule has 1 amide bonds. The fourth-order valence-corrected chi connectivity index (χ4v) is 1.80. The molecule has 0 bridgehead atoms. The molecular weight excluding hydrogens is 216 g/mol. The molecule has 4 nitrogen and oxygen atoms in total. The van der Waals surface area contributed by atoms with E-state index in [1.807, 2.05) is 0 Å². The van der Waals surface area contributed by atoms with Gasteiger partial charge in [0, 0.05) is 18.7 Å². The maximum absolute atomic E-state index is 13.3. The molecule has 1 aliphatic rings. The number of alkyl halides is 2. The molecule has 0 spiro atoms. The lowest BCUT2D eigenvalue weighted by Crippen LogP contribution is -2.31. The predicted molar refractivity (Wildman–Crippen MR) is 51.7 cm³/mol. The first-order valence-corrected chi connectivity index (χ1v) is 4.86. The van der Waals surface area contributed by atoms with Gasteiger partial charge in [-0.25, -0.2) is 9.97 Å². The average Bonchev–Trinajstić information content (AvgIpc) is 2.97. The summed E-state index contributed by atoms with van der Waals surface area (Å²) in [6.45, 7) is 0.746. The molecule has 0 atom stereocenters. The number of rotatable bonds is 3. The summed E-state index contributed by atoms with van der Waals surface area (Å²) >= 11 is 0. The van der Waals surface area contributed by atoms with Crippen molar-refractivity contribution in [3.8, 4) is 0 Å². The van der Waals surface area contributed by atoms with Crippen LogP contribution in [-0.4, -0.2) is 15.9 Å². The minimum Gasteiger partial charge on any atom is -0.369 e. The van der Waals surface area contributed by atoms with Crippen molar-refractivity contribution in [2.45, 2.75) is 31.1 Å². The summed E-state index contributed by atoms with van der Waals surface area (Å²) in [5.41, 5.74) is 4.02. The molecule has 1 aliphatic carbocycles. The van der Waals surface area contributed by atoms with Gasteiger partial charge >= 0.3 is 0 Å². The summed E-state index contributed by atoms with van der Waals surface area (Å²) in [5.74, 6) is -3.68. The Morgan fingerprint density at radius 3 is 2.62 bits per heavy atom. The van der Waals surface area contributed by atoms with Gasteiger partial charge in [0.2, 0.25) is 5.91 Å². The molecule has 6 heteroatoms. The highest BCUT2D eigenvalue weighted by Crippen LogP contribution is 2.50. The number of carbonyl (C=O) groups excluding carboxylic acids is 1. The largest absolute Gasteiger partial charge is 0.369 e. The Morgan fingerprint density at radius 2 is 2.19 bits per heavy atom. The third kappa shape index (κ3) is 1.54. The molecular formula is C10H11F2N3O. The molecule has 1 saturated carbocycles. The number of hydrogen-bond acceptors (Lipinski definition) is 3. The van der Waals surface area contributed by atoms with Crippen LogP contribution in [0.15, 0.2) is 12.5 Å². The lowest BCUT2D eigenvalue weighted by atomic mass is 9.93. The summed E-state index contributed by atoms with van der Waals surface area (Å²) in [5, 5.41) is 0. The number of amides is 1. The van der Waals surface area contributed by atoms with E-state index in [1.54, 1.807) is 0 Å². The van der Waals surface area contributed by atoms with Gasteiger partial charge in [0.1, 0.15) is 12.0 Å². The van der Waals surface area contributed by atoms with E-state index in [9.17, 15) is 13.6 Å². The van der Waals surface area contributed by atoms with Crippen molar-refractivity contribution < 1.29 is 13.6 Å². The van der Waals surface area contributed by atoms with Crippen LogP contribution in [0.4, 0.5) is 8.78 Å². The van der Waals surface area contributed by atoms with Crippen LogP contribution in [0.5, 0.6) is 0 Å². The maximum Gasteiger partial charge on any atom is 0.287 e. The molecule has 0 unspecified atom stereocenters. The SMILES string of the molecule is CC(F)(F)c1ncncc1C1(C(N)=O)CC1. The Labute approximate surface area is 90.9 Å². The minimum absolute atomic E-state index is 0.162. The first-order chi connectivity index (χ1) is 7.38. The van der Waals surface area contributed by atoms with Crippen LogP contribution < -0.4 is 5.73 Å². The van der Waals surface area contributed by atoms with Crippen molar-refractivity contribution in [1.29, 1.82) is 0 Å².